The molecule has 2 nitrogen and oxygen atoms in total. The number of alkyl halides is 3. The highest BCUT2D eigenvalue weighted by Crippen LogP contribution is 2.34. The molecule has 0 unspecified atom stereocenters. The van der Waals surface area contributed by atoms with Crippen LogP contribution in [0.5, 0.6) is 5.75 Å². The molecule has 2 rings (SSSR count). The van der Waals surface area contributed by atoms with Crippen LogP contribution in [0.25, 0.3) is 0 Å². The van der Waals surface area contributed by atoms with E-state index in [-0.39, 0.29) is 11.2 Å². The topological polar surface area (TPSA) is 21.3 Å². The van der Waals surface area contributed by atoms with Crippen LogP contribution in [0.3, 0.4) is 0 Å². The van der Waals surface area contributed by atoms with E-state index in [1.54, 1.807) is 12.1 Å². The van der Waals surface area contributed by atoms with E-state index in [9.17, 15) is 13.2 Å². The molecule has 1 saturated heterocycles. The first kappa shape index (κ1) is 13.2. The number of nitrogens with one attached hydrogen (secondary N) is 1. The second-order valence-corrected chi connectivity index (χ2v) is 4.88. The van der Waals surface area contributed by atoms with Gasteiger partial charge in [-0.1, -0.05) is 19.1 Å². The molecule has 1 fully saturated rings. The van der Waals surface area contributed by atoms with Gasteiger partial charge in [0.2, 0.25) is 0 Å². The van der Waals surface area contributed by atoms with Crippen LogP contribution in [0.2, 0.25) is 0 Å². The summed E-state index contributed by atoms with van der Waals surface area (Å²) in [4.78, 5) is 0. The molecule has 5 heteroatoms. The molecule has 1 aliphatic heterocycles. The van der Waals surface area contributed by atoms with Crippen molar-refractivity contribution in [2.45, 2.75) is 31.5 Å². The zero-order chi connectivity index (χ0) is 13.2. The van der Waals surface area contributed by atoms with E-state index < -0.39 is 6.36 Å². The summed E-state index contributed by atoms with van der Waals surface area (Å²) in [5, 5.41) is 3.28. The van der Waals surface area contributed by atoms with Crippen molar-refractivity contribution in [3.8, 4) is 5.75 Å². The maximum atomic E-state index is 12.0. The molecule has 100 valence electrons. The summed E-state index contributed by atoms with van der Waals surface area (Å²) >= 11 is 0. The van der Waals surface area contributed by atoms with Crippen LogP contribution in [0, 0.1) is 0 Å². The Labute approximate surface area is 104 Å². The molecule has 0 atom stereocenters. The van der Waals surface area contributed by atoms with Crippen molar-refractivity contribution >= 4 is 0 Å². The van der Waals surface area contributed by atoms with Crippen LogP contribution in [-0.4, -0.2) is 19.5 Å². The van der Waals surface area contributed by atoms with Crippen molar-refractivity contribution in [2.24, 2.45) is 0 Å². The number of ether oxygens (including phenoxy) is 1. The molecule has 0 aliphatic carbocycles. The second kappa shape index (κ2) is 4.80. The Balaban J connectivity index is 2.12. The molecule has 0 radical (unpaired) electrons. The van der Waals surface area contributed by atoms with E-state index in [1.165, 1.54) is 12.1 Å². The Kier molecular flexibility index (Phi) is 3.52. The molecule has 0 amide bonds. The fraction of sp³-hybridized carbons (Fsp3) is 0.538. The first-order valence-electron chi connectivity index (χ1n) is 5.96. The molecule has 1 aliphatic rings. The fourth-order valence-electron chi connectivity index (χ4n) is 2.33. The van der Waals surface area contributed by atoms with Gasteiger partial charge in [-0.25, -0.2) is 0 Å². The van der Waals surface area contributed by atoms with Gasteiger partial charge in [-0.3, -0.25) is 0 Å². The molecule has 18 heavy (non-hydrogen) atoms. The number of piperidine rings is 1. The minimum Gasteiger partial charge on any atom is -0.406 e. The highest BCUT2D eigenvalue weighted by Gasteiger charge is 2.32. The van der Waals surface area contributed by atoms with Gasteiger partial charge in [0, 0.05) is 0 Å². The summed E-state index contributed by atoms with van der Waals surface area (Å²) in [6.07, 6.45) is -2.64. The molecule has 1 heterocycles. The predicted octanol–water partition coefficient (Wildman–Crippen LogP) is 3.23. The molecule has 1 N–H and O–H groups in total. The number of hydrogen-bond donors (Lipinski definition) is 1. The minimum absolute atomic E-state index is 0.0437. The van der Waals surface area contributed by atoms with Gasteiger partial charge in [0.25, 0.3) is 0 Å². The van der Waals surface area contributed by atoms with E-state index in [2.05, 4.69) is 17.0 Å². The van der Waals surface area contributed by atoms with Crippen molar-refractivity contribution in [1.29, 1.82) is 0 Å². The van der Waals surface area contributed by atoms with Gasteiger partial charge >= 0.3 is 6.36 Å². The third kappa shape index (κ3) is 3.16. The van der Waals surface area contributed by atoms with Crippen LogP contribution in [0.15, 0.2) is 24.3 Å². The Morgan fingerprint density at radius 1 is 1.11 bits per heavy atom. The molecule has 0 bridgehead atoms. The molecule has 0 aromatic heterocycles. The lowest BCUT2D eigenvalue weighted by atomic mass is 9.75. The van der Waals surface area contributed by atoms with Gasteiger partial charge in [-0.05, 0) is 49.0 Å². The fourth-order valence-corrected chi connectivity index (χ4v) is 2.33. The first-order chi connectivity index (χ1) is 8.39. The first-order valence-corrected chi connectivity index (χ1v) is 5.96. The average Bonchev–Trinajstić information content (AvgIpc) is 2.28. The summed E-state index contributed by atoms with van der Waals surface area (Å²) in [6.45, 7) is 4.03. The summed E-state index contributed by atoms with van der Waals surface area (Å²) in [7, 11) is 0. The lowest BCUT2D eigenvalue weighted by Crippen LogP contribution is -2.37. The SMILES string of the molecule is CC1(c2ccc(OC(F)(F)F)cc2)CCNCC1. The molecule has 1 aromatic rings. The van der Waals surface area contributed by atoms with Crippen LogP contribution in [0.1, 0.15) is 25.3 Å². The quantitative estimate of drug-likeness (QED) is 0.880. The summed E-state index contributed by atoms with van der Waals surface area (Å²) in [5.41, 5.74) is 1.11. The van der Waals surface area contributed by atoms with Gasteiger partial charge in [0.15, 0.2) is 0 Å². The lowest BCUT2D eigenvalue weighted by molar-refractivity contribution is -0.274. The normalized spacial score (nSPS) is 19.6. The number of rotatable bonds is 2. The predicted molar refractivity (Wildman–Crippen MR) is 62.6 cm³/mol. The highest BCUT2D eigenvalue weighted by molar-refractivity contribution is 5.32. The monoisotopic (exact) mass is 259 g/mol. The van der Waals surface area contributed by atoms with Crippen LogP contribution < -0.4 is 10.1 Å². The van der Waals surface area contributed by atoms with E-state index in [4.69, 9.17) is 0 Å². The van der Waals surface area contributed by atoms with E-state index in [0.717, 1.165) is 31.5 Å². The Hall–Kier alpha value is -1.23. The van der Waals surface area contributed by atoms with Gasteiger partial charge in [-0.15, -0.1) is 13.2 Å². The number of benzene rings is 1. The average molecular weight is 259 g/mol. The third-order valence-electron chi connectivity index (χ3n) is 3.49. The van der Waals surface area contributed by atoms with Gasteiger partial charge in [-0.2, -0.15) is 0 Å². The minimum atomic E-state index is -4.62. The van der Waals surface area contributed by atoms with E-state index in [0.29, 0.717) is 0 Å². The molecule has 0 saturated carbocycles. The van der Waals surface area contributed by atoms with Crippen molar-refractivity contribution in [2.75, 3.05) is 13.1 Å². The van der Waals surface area contributed by atoms with E-state index >= 15 is 0 Å². The van der Waals surface area contributed by atoms with Gasteiger partial charge in [0.05, 0.1) is 0 Å². The maximum absolute atomic E-state index is 12.0. The maximum Gasteiger partial charge on any atom is 0.573 e. The molecule has 1 aromatic carbocycles. The molecule has 0 spiro atoms. The lowest BCUT2D eigenvalue weighted by Gasteiger charge is -2.34. The van der Waals surface area contributed by atoms with Crippen molar-refractivity contribution in [3.05, 3.63) is 29.8 Å². The number of halogens is 3. The van der Waals surface area contributed by atoms with Crippen molar-refractivity contribution < 1.29 is 17.9 Å². The molecular weight excluding hydrogens is 243 g/mol. The van der Waals surface area contributed by atoms with Crippen molar-refractivity contribution in [1.82, 2.24) is 5.32 Å². The zero-order valence-electron chi connectivity index (χ0n) is 10.2. The summed E-state index contributed by atoms with van der Waals surface area (Å²) in [6, 6.07) is 6.23. The second-order valence-electron chi connectivity index (χ2n) is 4.88. The largest absolute Gasteiger partial charge is 0.573 e. The van der Waals surface area contributed by atoms with Crippen LogP contribution in [-0.2, 0) is 5.41 Å². The Morgan fingerprint density at radius 2 is 1.67 bits per heavy atom. The van der Waals surface area contributed by atoms with Crippen LogP contribution in [0.4, 0.5) is 13.2 Å². The Morgan fingerprint density at radius 3 is 2.17 bits per heavy atom. The Bertz CT molecular complexity index is 394. The standard InChI is InChI=1S/C13H16F3NO/c1-12(6-8-17-9-7-12)10-2-4-11(5-3-10)18-13(14,15)16/h2-5,17H,6-9H2,1H3. The van der Waals surface area contributed by atoms with E-state index in [1.807, 2.05) is 0 Å². The van der Waals surface area contributed by atoms with Gasteiger partial charge < -0.3 is 10.1 Å². The number of hydrogen-bond acceptors (Lipinski definition) is 2. The zero-order valence-corrected chi connectivity index (χ0v) is 10.2. The van der Waals surface area contributed by atoms with Crippen LogP contribution >= 0.6 is 0 Å². The van der Waals surface area contributed by atoms with Crippen molar-refractivity contribution in [3.63, 3.8) is 0 Å². The molecular formula is C13H16F3NO. The summed E-state index contributed by atoms with van der Waals surface area (Å²) < 4.78 is 40.0. The smallest absolute Gasteiger partial charge is 0.406 e. The third-order valence-corrected chi connectivity index (χ3v) is 3.49. The van der Waals surface area contributed by atoms with Gasteiger partial charge in [0.1, 0.15) is 5.75 Å². The highest BCUT2D eigenvalue weighted by atomic mass is 19.4. The summed E-state index contributed by atoms with van der Waals surface area (Å²) in [5.74, 6) is -0.163.